The second-order valence-electron chi connectivity index (χ2n) is 5.36. The molecule has 0 aromatic carbocycles. The standard InChI is InChI=1S/C12H20O6/c1-4-7-14-6(5-13)8-9(15-7)10-11(16-8)18-12(2,3)17-10/h6-11,13H,4-5H2,1-3H3/t6-,7?,8-,9+,10-,11-/m1/s1. The molecule has 0 saturated carbocycles. The molecule has 6 nitrogen and oxygen atoms in total. The van der Waals surface area contributed by atoms with Crippen molar-refractivity contribution in [2.45, 2.75) is 70.0 Å². The Balaban J connectivity index is 1.78. The molecule has 3 saturated heterocycles. The van der Waals surface area contributed by atoms with Gasteiger partial charge in [0.15, 0.2) is 18.4 Å². The monoisotopic (exact) mass is 260 g/mol. The normalized spacial score (nSPS) is 50.0. The minimum Gasteiger partial charge on any atom is -0.394 e. The van der Waals surface area contributed by atoms with Crippen LogP contribution in [0.3, 0.4) is 0 Å². The quantitative estimate of drug-likeness (QED) is 0.774. The first kappa shape index (κ1) is 12.8. The highest BCUT2D eigenvalue weighted by atomic mass is 16.9. The van der Waals surface area contributed by atoms with Crippen molar-refractivity contribution in [3.05, 3.63) is 0 Å². The van der Waals surface area contributed by atoms with Crippen LogP contribution in [0.1, 0.15) is 27.2 Å². The molecule has 6 heteroatoms. The Morgan fingerprint density at radius 3 is 2.44 bits per heavy atom. The van der Waals surface area contributed by atoms with E-state index in [-0.39, 0.29) is 37.3 Å². The minimum absolute atomic E-state index is 0.0934. The van der Waals surface area contributed by atoms with Crippen LogP contribution in [0, 0.1) is 0 Å². The second-order valence-corrected chi connectivity index (χ2v) is 5.36. The van der Waals surface area contributed by atoms with Crippen molar-refractivity contribution >= 4 is 0 Å². The van der Waals surface area contributed by atoms with Gasteiger partial charge in [-0.2, -0.15) is 0 Å². The van der Waals surface area contributed by atoms with Gasteiger partial charge in [0.2, 0.25) is 0 Å². The maximum atomic E-state index is 9.38. The highest BCUT2D eigenvalue weighted by Gasteiger charge is 2.59. The van der Waals surface area contributed by atoms with Crippen molar-refractivity contribution < 1.29 is 28.8 Å². The van der Waals surface area contributed by atoms with Gasteiger partial charge in [0.25, 0.3) is 0 Å². The second kappa shape index (κ2) is 4.40. The Morgan fingerprint density at radius 2 is 1.78 bits per heavy atom. The van der Waals surface area contributed by atoms with Crippen LogP contribution in [0.2, 0.25) is 0 Å². The summed E-state index contributed by atoms with van der Waals surface area (Å²) in [5, 5.41) is 9.38. The Labute approximate surface area is 106 Å². The first-order chi connectivity index (χ1) is 8.54. The molecular formula is C12H20O6. The molecule has 1 unspecified atom stereocenters. The van der Waals surface area contributed by atoms with Gasteiger partial charge in [-0.15, -0.1) is 0 Å². The zero-order chi connectivity index (χ0) is 12.9. The number of rotatable bonds is 2. The van der Waals surface area contributed by atoms with Crippen LogP contribution in [-0.2, 0) is 23.7 Å². The number of aliphatic hydroxyl groups is 1. The number of hydrogen-bond acceptors (Lipinski definition) is 6. The van der Waals surface area contributed by atoms with Crippen molar-refractivity contribution in [2.75, 3.05) is 6.61 Å². The molecule has 0 aromatic heterocycles. The third-order valence-corrected chi connectivity index (χ3v) is 3.54. The molecule has 1 N–H and O–H groups in total. The molecule has 0 radical (unpaired) electrons. The first-order valence-electron chi connectivity index (χ1n) is 6.47. The summed E-state index contributed by atoms with van der Waals surface area (Å²) in [6, 6.07) is 0. The fourth-order valence-corrected chi connectivity index (χ4v) is 2.78. The van der Waals surface area contributed by atoms with Gasteiger partial charge in [0, 0.05) is 0 Å². The van der Waals surface area contributed by atoms with Gasteiger partial charge in [-0.1, -0.05) is 6.92 Å². The molecule has 0 aliphatic carbocycles. The third kappa shape index (κ3) is 1.97. The summed E-state index contributed by atoms with van der Waals surface area (Å²) in [5.74, 6) is -0.654. The van der Waals surface area contributed by atoms with E-state index in [0.29, 0.717) is 0 Å². The predicted molar refractivity (Wildman–Crippen MR) is 59.6 cm³/mol. The smallest absolute Gasteiger partial charge is 0.190 e. The van der Waals surface area contributed by atoms with Gasteiger partial charge < -0.3 is 28.8 Å². The molecule has 0 spiro atoms. The lowest BCUT2D eigenvalue weighted by atomic mass is 10.0. The van der Waals surface area contributed by atoms with Gasteiger partial charge in [-0.05, 0) is 20.3 Å². The van der Waals surface area contributed by atoms with Crippen molar-refractivity contribution in [1.82, 2.24) is 0 Å². The van der Waals surface area contributed by atoms with Crippen LogP contribution in [0.5, 0.6) is 0 Å². The van der Waals surface area contributed by atoms with Crippen molar-refractivity contribution in [3.63, 3.8) is 0 Å². The van der Waals surface area contributed by atoms with E-state index in [9.17, 15) is 5.11 Å². The molecule has 3 aliphatic heterocycles. The fourth-order valence-electron chi connectivity index (χ4n) is 2.78. The maximum Gasteiger partial charge on any atom is 0.190 e. The van der Waals surface area contributed by atoms with E-state index < -0.39 is 12.1 Å². The Hall–Kier alpha value is -0.240. The summed E-state index contributed by atoms with van der Waals surface area (Å²) in [6.45, 7) is 5.58. The summed E-state index contributed by atoms with van der Waals surface area (Å²) in [4.78, 5) is 0. The molecule has 3 fully saturated rings. The Kier molecular flexibility index (Phi) is 3.12. The van der Waals surface area contributed by atoms with Crippen LogP contribution in [0.25, 0.3) is 0 Å². The summed E-state index contributed by atoms with van der Waals surface area (Å²) in [5.41, 5.74) is 0. The van der Waals surface area contributed by atoms with Crippen molar-refractivity contribution in [3.8, 4) is 0 Å². The van der Waals surface area contributed by atoms with E-state index in [4.69, 9.17) is 23.7 Å². The number of aliphatic hydroxyl groups excluding tert-OH is 1. The SMILES string of the molecule is CCC1O[C@@H]2[C@H]3OC(C)(C)O[C@H]3O[C@@H]2[C@@H](CO)O1. The van der Waals surface area contributed by atoms with E-state index in [2.05, 4.69) is 0 Å². The number of ether oxygens (including phenoxy) is 5. The molecule has 18 heavy (non-hydrogen) atoms. The molecule has 3 aliphatic rings. The lowest BCUT2D eigenvalue weighted by Crippen LogP contribution is -2.53. The lowest BCUT2D eigenvalue weighted by Gasteiger charge is -2.38. The highest BCUT2D eigenvalue weighted by molar-refractivity contribution is 4.99. The van der Waals surface area contributed by atoms with Crippen LogP contribution in [-0.4, -0.2) is 54.5 Å². The molecule has 6 atom stereocenters. The summed E-state index contributed by atoms with van der Waals surface area (Å²) in [7, 11) is 0. The average molecular weight is 260 g/mol. The summed E-state index contributed by atoms with van der Waals surface area (Å²) < 4.78 is 28.7. The molecule has 3 rings (SSSR count). The van der Waals surface area contributed by atoms with Crippen LogP contribution < -0.4 is 0 Å². The van der Waals surface area contributed by atoms with Gasteiger partial charge in [-0.3, -0.25) is 0 Å². The zero-order valence-corrected chi connectivity index (χ0v) is 10.9. The van der Waals surface area contributed by atoms with Gasteiger partial charge in [0.05, 0.1) is 6.61 Å². The number of hydrogen-bond donors (Lipinski definition) is 1. The topological polar surface area (TPSA) is 66.4 Å². The van der Waals surface area contributed by atoms with Crippen molar-refractivity contribution in [1.29, 1.82) is 0 Å². The third-order valence-electron chi connectivity index (χ3n) is 3.54. The van der Waals surface area contributed by atoms with E-state index in [0.717, 1.165) is 6.42 Å². The lowest BCUT2D eigenvalue weighted by molar-refractivity contribution is -0.310. The molecular weight excluding hydrogens is 240 g/mol. The largest absolute Gasteiger partial charge is 0.394 e. The molecule has 0 bridgehead atoms. The minimum atomic E-state index is -0.654. The zero-order valence-electron chi connectivity index (χ0n) is 10.9. The maximum absolute atomic E-state index is 9.38. The van der Waals surface area contributed by atoms with Crippen LogP contribution in [0.15, 0.2) is 0 Å². The Morgan fingerprint density at radius 1 is 1.00 bits per heavy atom. The number of fused-ring (bicyclic) bond motifs is 3. The van der Waals surface area contributed by atoms with Gasteiger partial charge in [-0.25, -0.2) is 0 Å². The van der Waals surface area contributed by atoms with E-state index in [1.165, 1.54) is 0 Å². The van der Waals surface area contributed by atoms with Crippen LogP contribution >= 0.6 is 0 Å². The predicted octanol–water partition coefficient (Wildman–Crippen LogP) is 0.375. The molecule has 0 amide bonds. The molecule has 104 valence electrons. The van der Waals surface area contributed by atoms with E-state index in [1.807, 2.05) is 20.8 Å². The molecule has 3 heterocycles. The Bertz CT molecular complexity index is 320. The highest BCUT2D eigenvalue weighted by Crippen LogP contribution is 2.42. The average Bonchev–Trinajstić information content (AvgIpc) is 2.80. The fraction of sp³-hybridized carbons (Fsp3) is 1.00. The van der Waals surface area contributed by atoms with E-state index in [1.54, 1.807) is 0 Å². The van der Waals surface area contributed by atoms with Gasteiger partial charge in [0.1, 0.15) is 24.4 Å². The molecule has 0 aromatic rings. The van der Waals surface area contributed by atoms with Crippen molar-refractivity contribution in [2.24, 2.45) is 0 Å². The van der Waals surface area contributed by atoms with Gasteiger partial charge >= 0.3 is 0 Å². The van der Waals surface area contributed by atoms with Crippen LogP contribution in [0.4, 0.5) is 0 Å². The summed E-state index contributed by atoms with van der Waals surface area (Å²) in [6.07, 6.45) is -1.24. The summed E-state index contributed by atoms with van der Waals surface area (Å²) >= 11 is 0. The van der Waals surface area contributed by atoms with E-state index >= 15 is 0 Å². The first-order valence-corrected chi connectivity index (χ1v) is 6.47.